The molecule has 0 aliphatic carbocycles. The Hall–Kier alpha value is -0.120. The van der Waals surface area contributed by atoms with Gasteiger partial charge in [0.1, 0.15) is 6.10 Å². The lowest BCUT2D eigenvalue weighted by atomic mass is 10.1. The smallest absolute Gasteiger partial charge is 0.105 e. The Labute approximate surface area is 48.6 Å². The van der Waals surface area contributed by atoms with E-state index in [-0.39, 0.29) is 0 Å². The molecule has 0 heterocycles. The molecular weight excluding hydrogens is 108 g/mol. The number of hydrogen-bond acceptors (Lipinski definition) is 3. The molecule has 0 saturated carbocycles. The van der Waals surface area contributed by atoms with Gasteiger partial charge in [0.15, 0.2) is 0 Å². The standard InChI is InChI=1S/C5H12O3/c1-3(6)5(8)4(2)7/h3-8H,1-2H3/t3-,4-/m0/s1. The van der Waals surface area contributed by atoms with Crippen LogP contribution in [-0.2, 0) is 0 Å². The molecule has 3 N–H and O–H groups in total. The number of rotatable bonds is 2. The molecule has 0 aromatic rings. The molecule has 0 amide bonds. The highest BCUT2D eigenvalue weighted by molar-refractivity contribution is 4.66. The fraction of sp³-hybridized carbons (Fsp3) is 1.00. The first-order chi connectivity index (χ1) is 3.55. The van der Waals surface area contributed by atoms with Crippen molar-refractivity contribution >= 4 is 0 Å². The molecule has 0 unspecified atom stereocenters. The lowest BCUT2D eigenvalue weighted by molar-refractivity contribution is -0.0438. The van der Waals surface area contributed by atoms with Crippen molar-refractivity contribution in [3.8, 4) is 0 Å². The average molecular weight is 120 g/mol. The third-order valence-electron chi connectivity index (χ3n) is 0.989. The van der Waals surface area contributed by atoms with Crippen LogP contribution in [0.15, 0.2) is 0 Å². The summed E-state index contributed by atoms with van der Waals surface area (Å²) in [5, 5.41) is 25.9. The minimum atomic E-state index is -1.02. The van der Waals surface area contributed by atoms with Crippen LogP contribution in [-0.4, -0.2) is 33.6 Å². The van der Waals surface area contributed by atoms with Crippen molar-refractivity contribution in [2.75, 3.05) is 0 Å². The molecule has 0 saturated heterocycles. The van der Waals surface area contributed by atoms with E-state index in [1.807, 2.05) is 0 Å². The van der Waals surface area contributed by atoms with Crippen molar-refractivity contribution in [3.63, 3.8) is 0 Å². The SMILES string of the molecule is C[C@H](O)C(O)[C@H](C)O. The molecule has 0 aliphatic heterocycles. The summed E-state index contributed by atoms with van der Waals surface area (Å²) in [6, 6.07) is 0. The van der Waals surface area contributed by atoms with Crippen LogP contribution in [0.2, 0.25) is 0 Å². The fourth-order valence-electron chi connectivity index (χ4n) is 0.403. The Kier molecular flexibility index (Phi) is 2.97. The Morgan fingerprint density at radius 1 is 0.875 bits per heavy atom. The first-order valence-electron chi connectivity index (χ1n) is 2.60. The van der Waals surface area contributed by atoms with E-state index in [1.165, 1.54) is 13.8 Å². The zero-order valence-electron chi connectivity index (χ0n) is 5.07. The maximum Gasteiger partial charge on any atom is 0.105 e. The Morgan fingerprint density at radius 2 is 1.12 bits per heavy atom. The van der Waals surface area contributed by atoms with E-state index in [1.54, 1.807) is 0 Å². The molecular formula is C5H12O3. The molecule has 0 rings (SSSR count). The molecule has 3 heteroatoms. The topological polar surface area (TPSA) is 60.7 Å². The Morgan fingerprint density at radius 3 is 1.12 bits per heavy atom. The summed E-state index contributed by atoms with van der Waals surface area (Å²) in [4.78, 5) is 0. The average Bonchev–Trinajstić information content (AvgIpc) is 1.64. The van der Waals surface area contributed by atoms with Crippen LogP contribution < -0.4 is 0 Å². The van der Waals surface area contributed by atoms with Crippen LogP contribution >= 0.6 is 0 Å². The molecule has 8 heavy (non-hydrogen) atoms. The number of aliphatic hydroxyl groups excluding tert-OH is 3. The van der Waals surface area contributed by atoms with Crippen LogP contribution in [0.25, 0.3) is 0 Å². The maximum atomic E-state index is 8.70. The second-order valence-electron chi connectivity index (χ2n) is 1.97. The summed E-state index contributed by atoms with van der Waals surface area (Å²) in [7, 11) is 0. The predicted octanol–water partition coefficient (Wildman–Crippen LogP) is -0.891. The number of aliphatic hydroxyl groups is 3. The number of hydrogen-bond donors (Lipinski definition) is 3. The van der Waals surface area contributed by atoms with Crippen LogP contribution in [0.3, 0.4) is 0 Å². The molecule has 0 bridgehead atoms. The van der Waals surface area contributed by atoms with Crippen molar-refractivity contribution in [1.29, 1.82) is 0 Å². The van der Waals surface area contributed by atoms with Gasteiger partial charge in [-0.25, -0.2) is 0 Å². The second kappa shape index (κ2) is 3.02. The van der Waals surface area contributed by atoms with Crippen LogP contribution in [0, 0.1) is 0 Å². The summed E-state index contributed by atoms with van der Waals surface area (Å²) in [6.45, 7) is 2.86. The van der Waals surface area contributed by atoms with Gasteiger partial charge in [-0.2, -0.15) is 0 Å². The van der Waals surface area contributed by atoms with Crippen molar-refractivity contribution in [2.24, 2.45) is 0 Å². The first kappa shape index (κ1) is 7.88. The molecule has 0 aromatic carbocycles. The van der Waals surface area contributed by atoms with Crippen molar-refractivity contribution < 1.29 is 15.3 Å². The third-order valence-corrected chi connectivity index (χ3v) is 0.989. The minimum absolute atomic E-state index is 0.852. The lowest BCUT2D eigenvalue weighted by Crippen LogP contribution is -2.33. The van der Waals surface area contributed by atoms with Gasteiger partial charge in [0, 0.05) is 0 Å². The molecule has 0 radical (unpaired) electrons. The van der Waals surface area contributed by atoms with E-state index in [9.17, 15) is 0 Å². The van der Waals surface area contributed by atoms with E-state index in [4.69, 9.17) is 15.3 Å². The fourth-order valence-corrected chi connectivity index (χ4v) is 0.403. The van der Waals surface area contributed by atoms with E-state index in [0.717, 1.165) is 0 Å². The molecule has 50 valence electrons. The van der Waals surface area contributed by atoms with Gasteiger partial charge in [-0.05, 0) is 13.8 Å². The van der Waals surface area contributed by atoms with Gasteiger partial charge in [-0.1, -0.05) is 0 Å². The highest BCUT2D eigenvalue weighted by Crippen LogP contribution is 1.96. The molecule has 0 aromatic heterocycles. The second-order valence-corrected chi connectivity index (χ2v) is 1.97. The third kappa shape index (κ3) is 2.26. The first-order valence-corrected chi connectivity index (χ1v) is 2.60. The van der Waals surface area contributed by atoms with E-state index in [0.29, 0.717) is 0 Å². The van der Waals surface area contributed by atoms with E-state index < -0.39 is 18.3 Å². The lowest BCUT2D eigenvalue weighted by Gasteiger charge is -2.15. The van der Waals surface area contributed by atoms with Crippen molar-refractivity contribution in [1.82, 2.24) is 0 Å². The summed E-state index contributed by atoms with van der Waals surface area (Å²) >= 11 is 0. The quantitative estimate of drug-likeness (QED) is 0.443. The monoisotopic (exact) mass is 120 g/mol. The molecule has 0 spiro atoms. The minimum Gasteiger partial charge on any atom is -0.391 e. The van der Waals surface area contributed by atoms with E-state index in [2.05, 4.69) is 0 Å². The highest BCUT2D eigenvalue weighted by Gasteiger charge is 2.15. The summed E-state index contributed by atoms with van der Waals surface area (Å²) in [5.74, 6) is 0. The van der Waals surface area contributed by atoms with Gasteiger partial charge >= 0.3 is 0 Å². The predicted molar refractivity (Wildman–Crippen MR) is 29.4 cm³/mol. The zero-order chi connectivity index (χ0) is 6.73. The Balaban J connectivity index is 3.46. The van der Waals surface area contributed by atoms with Crippen LogP contribution in [0.1, 0.15) is 13.8 Å². The van der Waals surface area contributed by atoms with Crippen LogP contribution in [0.5, 0.6) is 0 Å². The molecule has 0 aliphatic rings. The van der Waals surface area contributed by atoms with Gasteiger partial charge in [0.2, 0.25) is 0 Å². The maximum absolute atomic E-state index is 8.70. The van der Waals surface area contributed by atoms with Crippen molar-refractivity contribution in [3.05, 3.63) is 0 Å². The van der Waals surface area contributed by atoms with E-state index >= 15 is 0 Å². The van der Waals surface area contributed by atoms with Gasteiger partial charge in [-0.3, -0.25) is 0 Å². The molecule has 3 nitrogen and oxygen atoms in total. The molecule has 2 atom stereocenters. The summed E-state index contributed by atoms with van der Waals surface area (Å²) < 4.78 is 0. The molecule has 0 fully saturated rings. The van der Waals surface area contributed by atoms with Gasteiger partial charge in [-0.15, -0.1) is 0 Å². The summed E-state index contributed by atoms with van der Waals surface area (Å²) in [5.41, 5.74) is 0. The Bertz CT molecular complexity index is 52.7. The normalized spacial score (nSPS) is 18.8. The van der Waals surface area contributed by atoms with Crippen LogP contribution in [0.4, 0.5) is 0 Å². The summed E-state index contributed by atoms with van der Waals surface area (Å²) in [6.07, 6.45) is -2.72. The van der Waals surface area contributed by atoms with Gasteiger partial charge in [0.05, 0.1) is 12.2 Å². The largest absolute Gasteiger partial charge is 0.391 e. The highest BCUT2D eigenvalue weighted by atomic mass is 16.4. The van der Waals surface area contributed by atoms with Crippen molar-refractivity contribution in [2.45, 2.75) is 32.2 Å². The van der Waals surface area contributed by atoms with Gasteiger partial charge in [0.25, 0.3) is 0 Å². The van der Waals surface area contributed by atoms with Gasteiger partial charge < -0.3 is 15.3 Å². The zero-order valence-corrected chi connectivity index (χ0v) is 5.07.